The first kappa shape index (κ1) is 30.3. The summed E-state index contributed by atoms with van der Waals surface area (Å²) in [4.78, 5) is 12.4. The van der Waals surface area contributed by atoms with Crippen LogP contribution in [0.2, 0.25) is 0 Å². The fourth-order valence-electron chi connectivity index (χ4n) is 3.31. The number of hydrogen-bond donors (Lipinski definition) is 1. The molecule has 7 atom stereocenters. The predicted octanol–water partition coefficient (Wildman–Crippen LogP) is 1.81. The molecule has 0 radical (unpaired) electrons. The molecule has 0 aliphatic carbocycles. The number of rotatable bonds is 10. The molecule has 0 aromatic rings. The van der Waals surface area contributed by atoms with Gasteiger partial charge in [-0.1, -0.05) is 13.0 Å². The van der Waals surface area contributed by atoms with Crippen LogP contribution >= 0.6 is 7.75 Å². The van der Waals surface area contributed by atoms with Crippen LogP contribution in [0.15, 0.2) is 0 Å². The summed E-state index contributed by atoms with van der Waals surface area (Å²) in [6.45, 7) is 11.9. The molecule has 0 aromatic carbocycles. The standard InChI is InChI=1S/C18H35NO7P.2W/c1-11(2)22-10-18-16(8-14(6)25-18)26-27(20,21)19-9-17-15(23-12(3)4)7-13(5)24-17;;/h8,11-18H,7,9-10H2,1-6H3,(H2,19,20,21);;/q-1;;/p-1/t13-,14-,15?,16+,17+,18+;;/m0../s1. The molecule has 2 unspecified atom stereocenters. The molecule has 8 nitrogen and oxygen atoms in total. The van der Waals surface area contributed by atoms with E-state index in [1.807, 2.05) is 41.5 Å². The van der Waals surface area contributed by atoms with Crippen molar-refractivity contribution in [1.29, 1.82) is 0 Å². The van der Waals surface area contributed by atoms with Gasteiger partial charge in [-0.15, -0.1) is 0 Å². The molecule has 2 aliphatic heterocycles. The van der Waals surface area contributed by atoms with E-state index < -0.39 is 20.0 Å². The van der Waals surface area contributed by atoms with Crippen molar-refractivity contribution in [2.45, 2.75) is 96.8 Å². The van der Waals surface area contributed by atoms with Gasteiger partial charge in [-0.25, -0.2) is 0 Å². The Bertz CT molecular complexity index is 515. The van der Waals surface area contributed by atoms with Gasteiger partial charge in [0.2, 0.25) is 7.75 Å². The Hall–Kier alpha value is 1.33. The molecule has 0 saturated carbocycles. The maximum Gasteiger partial charge on any atom is 0.202 e. The van der Waals surface area contributed by atoms with Gasteiger partial charge in [0, 0.05) is 55.1 Å². The van der Waals surface area contributed by atoms with Gasteiger partial charge in [-0.2, -0.15) is 0 Å². The zero-order valence-corrected chi connectivity index (χ0v) is 24.7. The zero-order chi connectivity index (χ0) is 20.2. The third-order valence-corrected chi connectivity index (χ3v) is 5.48. The molecular formula is C18H34NO7PW2-2. The zero-order valence-electron chi connectivity index (χ0n) is 17.9. The normalized spacial score (nSPS) is 34.1. The van der Waals surface area contributed by atoms with Crippen LogP contribution < -0.4 is 9.98 Å². The Morgan fingerprint density at radius 3 is 2.38 bits per heavy atom. The van der Waals surface area contributed by atoms with Crippen LogP contribution in [0.5, 0.6) is 0 Å². The molecule has 0 aromatic heterocycles. The Labute approximate surface area is 203 Å². The first-order valence-corrected chi connectivity index (χ1v) is 11.3. The smallest absolute Gasteiger partial charge is 0.202 e. The fourth-order valence-corrected chi connectivity index (χ4v) is 4.31. The number of hydrogen-bond acceptors (Lipinski definition) is 7. The van der Waals surface area contributed by atoms with Crippen LogP contribution in [0.3, 0.4) is 0 Å². The molecule has 172 valence electrons. The van der Waals surface area contributed by atoms with E-state index in [0.29, 0.717) is 0 Å². The molecule has 2 saturated heterocycles. The monoisotopic (exact) mass is 775 g/mol. The van der Waals surface area contributed by atoms with Crippen molar-refractivity contribution in [3.8, 4) is 0 Å². The van der Waals surface area contributed by atoms with Gasteiger partial charge in [0.25, 0.3) is 0 Å². The minimum Gasteiger partial charge on any atom is -0.766 e. The van der Waals surface area contributed by atoms with Crippen LogP contribution in [0.25, 0.3) is 0 Å². The van der Waals surface area contributed by atoms with E-state index in [1.165, 1.54) is 0 Å². The van der Waals surface area contributed by atoms with Crippen molar-refractivity contribution < 1.29 is 75.1 Å². The van der Waals surface area contributed by atoms with Gasteiger partial charge in [-0.3, -0.25) is 16.1 Å². The van der Waals surface area contributed by atoms with Gasteiger partial charge in [0.1, 0.15) is 0 Å². The van der Waals surface area contributed by atoms with E-state index in [4.69, 9.17) is 23.5 Å². The largest absolute Gasteiger partial charge is 0.766 e. The third-order valence-electron chi connectivity index (χ3n) is 4.39. The van der Waals surface area contributed by atoms with E-state index in [2.05, 4.69) is 5.09 Å². The van der Waals surface area contributed by atoms with Gasteiger partial charge in [0.05, 0.1) is 43.2 Å². The van der Waals surface area contributed by atoms with E-state index >= 15 is 0 Å². The summed E-state index contributed by atoms with van der Waals surface area (Å²) in [7, 11) is -4.29. The fraction of sp³-hybridized carbons (Fsp3) is 0.944. The molecule has 2 rings (SSSR count). The summed E-state index contributed by atoms with van der Waals surface area (Å²) >= 11 is 0. The molecule has 2 aliphatic rings. The Kier molecular flexibility index (Phi) is 14.4. The van der Waals surface area contributed by atoms with Crippen molar-refractivity contribution in [1.82, 2.24) is 5.09 Å². The van der Waals surface area contributed by atoms with Crippen LogP contribution in [0.1, 0.15) is 48.0 Å². The average molecular weight is 775 g/mol. The molecule has 1 N–H and O–H groups in total. The van der Waals surface area contributed by atoms with E-state index in [0.717, 1.165) is 6.42 Å². The molecule has 29 heavy (non-hydrogen) atoms. The minimum atomic E-state index is -4.29. The molecular weight excluding hydrogens is 741 g/mol. The second-order valence-electron chi connectivity index (χ2n) is 7.83. The predicted molar refractivity (Wildman–Crippen MR) is 99.2 cm³/mol. The van der Waals surface area contributed by atoms with E-state index in [1.54, 1.807) is 6.42 Å². The molecule has 2 heterocycles. The van der Waals surface area contributed by atoms with E-state index in [-0.39, 0.29) is 91.9 Å². The van der Waals surface area contributed by atoms with Crippen LogP contribution in [0.4, 0.5) is 0 Å². The van der Waals surface area contributed by atoms with Gasteiger partial charge >= 0.3 is 0 Å². The Morgan fingerprint density at radius 1 is 1.14 bits per heavy atom. The average Bonchev–Trinajstić information content (AvgIpc) is 3.04. The van der Waals surface area contributed by atoms with Crippen molar-refractivity contribution >= 4 is 7.75 Å². The summed E-state index contributed by atoms with van der Waals surface area (Å²) in [5.74, 6) is 0. The van der Waals surface area contributed by atoms with Crippen LogP contribution in [0, 0.1) is 6.42 Å². The summed E-state index contributed by atoms with van der Waals surface area (Å²) < 4.78 is 40.6. The van der Waals surface area contributed by atoms with Crippen molar-refractivity contribution in [2.24, 2.45) is 0 Å². The molecule has 2 fully saturated rings. The quantitative estimate of drug-likeness (QED) is 0.266. The maximum atomic E-state index is 12.4. The second-order valence-corrected chi connectivity index (χ2v) is 9.35. The minimum absolute atomic E-state index is 0. The first-order chi connectivity index (χ1) is 12.6. The maximum absolute atomic E-state index is 12.4. The Balaban J connectivity index is 0.00000392. The second kappa shape index (κ2) is 13.8. The summed E-state index contributed by atoms with van der Waals surface area (Å²) in [5.41, 5.74) is 0. The van der Waals surface area contributed by atoms with Gasteiger partial charge in [-0.05, 0) is 40.7 Å². The molecule has 0 amide bonds. The Morgan fingerprint density at radius 2 is 1.79 bits per heavy atom. The van der Waals surface area contributed by atoms with Crippen molar-refractivity contribution in [2.75, 3.05) is 13.2 Å². The first-order valence-electron chi connectivity index (χ1n) is 9.73. The summed E-state index contributed by atoms with van der Waals surface area (Å²) in [6.07, 6.45) is 0.784. The molecule has 0 spiro atoms. The number of nitrogens with one attached hydrogen (secondary N) is 1. The SMILES string of the molecule is CC(C)OC[C@H]1O[C@@H](C)[CH-][C@H]1OP(=O)([O-])NC[C@H]1O[C@@H](C)CC1OC(C)C.[W].[W]. The summed E-state index contributed by atoms with van der Waals surface area (Å²) in [6, 6.07) is 0. The molecule has 0 bridgehead atoms. The third kappa shape index (κ3) is 10.7. The van der Waals surface area contributed by atoms with Crippen LogP contribution in [-0.2, 0) is 70.2 Å². The van der Waals surface area contributed by atoms with Crippen LogP contribution in [-0.4, -0.2) is 62.0 Å². The van der Waals surface area contributed by atoms with Gasteiger partial charge in [0.15, 0.2) is 0 Å². The molecule has 11 heteroatoms. The number of ether oxygens (including phenoxy) is 4. The van der Waals surface area contributed by atoms with Gasteiger partial charge < -0.3 is 28.4 Å². The topological polar surface area (TPSA) is 98.3 Å². The summed E-state index contributed by atoms with van der Waals surface area (Å²) in [5, 5.41) is 2.51. The van der Waals surface area contributed by atoms with E-state index in [9.17, 15) is 9.46 Å². The van der Waals surface area contributed by atoms with Crippen molar-refractivity contribution in [3.63, 3.8) is 0 Å². The van der Waals surface area contributed by atoms with Crippen molar-refractivity contribution in [3.05, 3.63) is 6.42 Å².